The van der Waals surface area contributed by atoms with Gasteiger partial charge in [-0.25, -0.2) is 0 Å². The molecule has 0 bridgehead atoms. The molecule has 3 unspecified atom stereocenters. The number of fused-ring (bicyclic) bond motifs is 1. The largest absolute Gasteiger partial charge is 0.327 e. The van der Waals surface area contributed by atoms with Crippen molar-refractivity contribution in [3.05, 3.63) is 48.0 Å². The van der Waals surface area contributed by atoms with E-state index in [2.05, 4.69) is 56.3 Å². The Morgan fingerprint density at radius 2 is 1.89 bits per heavy atom. The van der Waals surface area contributed by atoms with Crippen LogP contribution in [0.3, 0.4) is 0 Å². The molecule has 1 heteroatoms. The predicted molar refractivity (Wildman–Crippen MR) is 77.7 cm³/mol. The summed E-state index contributed by atoms with van der Waals surface area (Å²) in [6.45, 7) is 4.59. The fourth-order valence-electron chi connectivity index (χ4n) is 3.34. The highest BCUT2D eigenvalue weighted by atomic mass is 14.8. The van der Waals surface area contributed by atoms with E-state index in [0.717, 1.165) is 12.8 Å². The van der Waals surface area contributed by atoms with Crippen LogP contribution in [0.1, 0.15) is 38.2 Å². The Kier molecular flexibility index (Phi) is 2.67. The van der Waals surface area contributed by atoms with E-state index in [9.17, 15) is 0 Å². The molecule has 94 valence electrons. The van der Waals surface area contributed by atoms with Crippen LogP contribution in [0.5, 0.6) is 0 Å². The highest BCUT2D eigenvalue weighted by molar-refractivity contribution is 5.83. The lowest BCUT2D eigenvalue weighted by atomic mass is 9.54. The molecule has 0 radical (unpaired) electrons. The van der Waals surface area contributed by atoms with Crippen LogP contribution in [0.2, 0.25) is 0 Å². The third-order valence-corrected chi connectivity index (χ3v) is 5.07. The van der Waals surface area contributed by atoms with Crippen molar-refractivity contribution < 1.29 is 0 Å². The van der Waals surface area contributed by atoms with Gasteiger partial charge in [-0.3, -0.25) is 0 Å². The van der Waals surface area contributed by atoms with Crippen LogP contribution in [0.15, 0.2) is 42.5 Å². The van der Waals surface area contributed by atoms with E-state index in [1.54, 1.807) is 0 Å². The maximum atomic E-state index is 6.21. The summed E-state index contributed by atoms with van der Waals surface area (Å²) in [4.78, 5) is 0. The Bertz CT molecular complexity index is 575. The summed E-state index contributed by atoms with van der Waals surface area (Å²) in [5.41, 5.74) is 7.95. The van der Waals surface area contributed by atoms with Gasteiger partial charge in [-0.15, -0.1) is 0 Å². The average Bonchev–Trinajstić information content (AvgIpc) is 2.43. The Morgan fingerprint density at radius 1 is 1.17 bits per heavy atom. The second-order valence-corrected chi connectivity index (χ2v) is 5.86. The lowest BCUT2D eigenvalue weighted by Gasteiger charge is -2.53. The van der Waals surface area contributed by atoms with E-state index < -0.39 is 0 Å². The summed E-state index contributed by atoms with van der Waals surface area (Å²) in [6.07, 6.45) is 2.29. The molecule has 1 aliphatic carbocycles. The third-order valence-electron chi connectivity index (χ3n) is 5.07. The van der Waals surface area contributed by atoms with Gasteiger partial charge in [0.1, 0.15) is 0 Å². The first-order chi connectivity index (χ1) is 8.65. The van der Waals surface area contributed by atoms with Gasteiger partial charge in [-0.05, 0) is 40.5 Å². The van der Waals surface area contributed by atoms with Crippen molar-refractivity contribution in [1.29, 1.82) is 0 Å². The highest BCUT2D eigenvalue weighted by Gasteiger charge is 2.48. The highest BCUT2D eigenvalue weighted by Crippen LogP contribution is 2.54. The van der Waals surface area contributed by atoms with Gasteiger partial charge in [0.15, 0.2) is 0 Å². The normalized spacial score (nSPS) is 31.3. The molecule has 1 nitrogen and oxygen atoms in total. The summed E-state index contributed by atoms with van der Waals surface area (Å²) < 4.78 is 0. The lowest BCUT2D eigenvalue weighted by molar-refractivity contribution is 0.0707. The van der Waals surface area contributed by atoms with Crippen molar-refractivity contribution in [3.8, 4) is 0 Å². The van der Waals surface area contributed by atoms with Gasteiger partial charge in [0.2, 0.25) is 0 Å². The second kappa shape index (κ2) is 4.10. The molecule has 0 spiro atoms. The molecule has 0 amide bonds. The molecule has 3 atom stereocenters. The Balaban J connectivity index is 2.00. The van der Waals surface area contributed by atoms with Gasteiger partial charge in [0.25, 0.3) is 0 Å². The van der Waals surface area contributed by atoms with Gasteiger partial charge < -0.3 is 5.73 Å². The third kappa shape index (κ3) is 1.58. The topological polar surface area (TPSA) is 26.0 Å². The standard InChI is InChI=1S/C17H21N/c1-3-17(2)15(11-16(17)18)14-9-8-12-6-4-5-7-13(12)10-14/h4-10,15-16H,3,11,18H2,1-2H3. The van der Waals surface area contributed by atoms with E-state index in [1.165, 1.54) is 16.3 Å². The molecule has 1 fully saturated rings. The minimum atomic E-state index is 0.280. The molecule has 18 heavy (non-hydrogen) atoms. The summed E-state index contributed by atoms with van der Waals surface area (Å²) in [6, 6.07) is 15.8. The number of rotatable bonds is 2. The quantitative estimate of drug-likeness (QED) is 0.840. The number of hydrogen-bond donors (Lipinski definition) is 1. The van der Waals surface area contributed by atoms with Gasteiger partial charge in [0.05, 0.1) is 0 Å². The lowest BCUT2D eigenvalue weighted by Crippen LogP contribution is -2.54. The maximum Gasteiger partial charge on any atom is 0.0105 e. The molecule has 2 aromatic rings. The van der Waals surface area contributed by atoms with Crippen molar-refractivity contribution in [2.45, 2.75) is 38.6 Å². The van der Waals surface area contributed by atoms with Crippen LogP contribution in [0.25, 0.3) is 10.8 Å². The van der Waals surface area contributed by atoms with E-state index in [0.29, 0.717) is 12.0 Å². The van der Waals surface area contributed by atoms with Gasteiger partial charge in [-0.2, -0.15) is 0 Å². The molecule has 0 saturated heterocycles. The van der Waals surface area contributed by atoms with Crippen LogP contribution in [-0.4, -0.2) is 6.04 Å². The number of nitrogens with two attached hydrogens (primary N) is 1. The molecule has 0 aromatic heterocycles. The van der Waals surface area contributed by atoms with Crippen LogP contribution in [-0.2, 0) is 0 Å². The molecule has 1 aliphatic rings. The van der Waals surface area contributed by atoms with Crippen molar-refractivity contribution in [2.75, 3.05) is 0 Å². The van der Waals surface area contributed by atoms with Gasteiger partial charge in [-0.1, -0.05) is 56.3 Å². The first kappa shape index (κ1) is 11.7. The molecule has 0 heterocycles. The fraction of sp³-hybridized carbons (Fsp3) is 0.412. The zero-order chi connectivity index (χ0) is 12.8. The zero-order valence-electron chi connectivity index (χ0n) is 11.2. The first-order valence-electron chi connectivity index (χ1n) is 6.89. The molecule has 2 aromatic carbocycles. The zero-order valence-corrected chi connectivity index (χ0v) is 11.2. The van der Waals surface area contributed by atoms with Gasteiger partial charge in [0, 0.05) is 6.04 Å². The second-order valence-electron chi connectivity index (χ2n) is 5.86. The van der Waals surface area contributed by atoms with Crippen LogP contribution in [0.4, 0.5) is 0 Å². The predicted octanol–water partition coefficient (Wildman–Crippen LogP) is 4.07. The van der Waals surface area contributed by atoms with E-state index >= 15 is 0 Å². The Hall–Kier alpha value is -1.34. The first-order valence-corrected chi connectivity index (χ1v) is 6.89. The summed E-state index contributed by atoms with van der Waals surface area (Å²) >= 11 is 0. The molecular weight excluding hydrogens is 218 g/mol. The Morgan fingerprint density at radius 3 is 2.56 bits per heavy atom. The summed E-state index contributed by atoms with van der Waals surface area (Å²) in [5, 5.41) is 2.66. The van der Waals surface area contributed by atoms with E-state index in [-0.39, 0.29) is 5.41 Å². The van der Waals surface area contributed by atoms with Crippen LogP contribution >= 0.6 is 0 Å². The molecule has 2 N–H and O–H groups in total. The number of hydrogen-bond acceptors (Lipinski definition) is 1. The Labute approximate surface area is 109 Å². The fourth-order valence-corrected chi connectivity index (χ4v) is 3.34. The minimum Gasteiger partial charge on any atom is -0.327 e. The van der Waals surface area contributed by atoms with E-state index in [1.807, 2.05) is 0 Å². The summed E-state index contributed by atoms with van der Waals surface area (Å²) in [5.74, 6) is 0.627. The van der Waals surface area contributed by atoms with Crippen molar-refractivity contribution in [1.82, 2.24) is 0 Å². The maximum absolute atomic E-state index is 6.21. The molecule has 0 aliphatic heterocycles. The van der Waals surface area contributed by atoms with Crippen molar-refractivity contribution in [3.63, 3.8) is 0 Å². The van der Waals surface area contributed by atoms with Crippen LogP contribution < -0.4 is 5.73 Å². The SMILES string of the molecule is CCC1(C)C(N)CC1c1ccc2ccccc2c1. The smallest absolute Gasteiger partial charge is 0.0105 e. The minimum absolute atomic E-state index is 0.280. The molecule has 3 rings (SSSR count). The average molecular weight is 239 g/mol. The van der Waals surface area contributed by atoms with E-state index in [4.69, 9.17) is 5.73 Å². The van der Waals surface area contributed by atoms with Crippen molar-refractivity contribution in [2.24, 2.45) is 11.1 Å². The van der Waals surface area contributed by atoms with Crippen LogP contribution in [0, 0.1) is 5.41 Å². The van der Waals surface area contributed by atoms with Gasteiger partial charge >= 0.3 is 0 Å². The monoisotopic (exact) mass is 239 g/mol. The molecule has 1 saturated carbocycles. The summed E-state index contributed by atoms with van der Waals surface area (Å²) in [7, 11) is 0. The number of benzene rings is 2. The van der Waals surface area contributed by atoms with Crippen molar-refractivity contribution >= 4 is 10.8 Å². The molecular formula is C17H21N.